The summed E-state index contributed by atoms with van der Waals surface area (Å²) >= 11 is 0. The molecule has 2 N–H and O–H groups in total. The number of unbranched alkanes of at least 4 members (excludes halogenated alkanes) is 1. The van der Waals surface area contributed by atoms with Crippen molar-refractivity contribution in [2.75, 3.05) is 6.54 Å². The van der Waals surface area contributed by atoms with Crippen molar-refractivity contribution in [2.24, 2.45) is 0 Å². The molecular weight excluding hydrogens is 188 g/mol. The molecule has 1 saturated heterocycles. The molecule has 1 fully saturated rings. The van der Waals surface area contributed by atoms with E-state index in [1.165, 1.54) is 0 Å². The zero-order valence-corrected chi connectivity index (χ0v) is 9.59. The highest BCUT2D eigenvalue weighted by Gasteiger charge is 2.22. The van der Waals surface area contributed by atoms with E-state index in [0.29, 0.717) is 0 Å². The Labute approximate surface area is 92.3 Å². The van der Waals surface area contributed by atoms with Crippen LogP contribution in [0.25, 0.3) is 0 Å². The van der Waals surface area contributed by atoms with E-state index >= 15 is 0 Å². The lowest BCUT2D eigenvalue weighted by molar-refractivity contribution is -0.123. The van der Waals surface area contributed by atoms with Crippen LogP contribution in [0.15, 0.2) is 12.7 Å². The maximum atomic E-state index is 11.7. The monoisotopic (exact) mass is 210 g/mol. The molecule has 1 aliphatic rings. The minimum absolute atomic E-state index is 0.0480. The summed E-state index contributed by atoms with van der Waals surface area (Å²) in [4.78, 5) is 11.7. The first-order valence-corrected chi connectivity index (χ1v) is 5.88. The lowest BCUT2D eigenvalue weighted by atomic mass is 10.1. The van der Waals surface area contributed by atoms with Crippen LogP contribution in [0.5, 0.6) is 0 Å². The smallest absolute Gasteiger partial charge is 0.237 e. The Balaban J connectivity index is 2.15. The van der Waals surface area contributed by atoms with Crippen LogP contribution in [0.1, 0.15) is 39.0 Å². The molecule has 0 radical (unpaired) electrons. The van der Waals surface area contributed by atoms with Gasteiger partial charge in [0.1, 0.15) is 0 Å². The van der Waals surface area contributed by atoms with Gasteiger partial charge < -0.3 is 10.6 Å². The molecule has 0 aromatic carbocycles. The quantitative estimate of drug-likeness (QED) is 0.516. The van der Waals surface area contributed by atoms with Crippen LogP contribution in [0.2, 0.25) is 0 Å². The van der Waals surface area contributed by atoms with E-state index in [0.717, 1.165) is 38.6 Å². The summed E-state index contributed by atoms with van der Waals surface area (Å²) in [6.07, 6.45) is 7.18. The van der Waals surface area contributed by atoms with Gasteiger partial charge in [0.15, 0.2) is 0 Å². The molecule has 0 spiro atoms. The molecule has 0 aromatic rings. The van der Waals surface area contributed by atoms with E-state index in [1.807, 2.05) is 6.08 Å². The number of carbonyl (C=O) groups is 1. The third-order valence-electron chi connectivity index (χ3n) is 2.81. The topological polar surface area (TPSA) is 41.1 Å². The van der Waals surface area contributed by atoms with Crippen molar-refractivity contribution < 1.29 is 4.79 Å². The molecule has 1 aliphatic heterocycles. The van der Waals surface area contributed by atoms with Crippen LogP contribution in [0.4, 0.5) is 0 Å². The predicted molar refractivity (Wildman–Crippen MR) is 62.7 cm³/mol. The van der Waals surface area contributed by atoms with Crippen LogP contribution in [-0.4, -0.2) is 24.5 Å². The fourth-order valence-electron chi connectivity index (χ4n) is 1.89. The van der Waals surface area contributed by atoms with E-state index in [1.54, 1.807) is 0 Å². The molecule has 1 heterocycles. The van der Waals surface area contributed by atoms with Crippen LogP contribution < -0.4 is 10.6 Å². The Morgan fingerprint density at radius 3 is 3.13 bits per heavy atom. The highest BCUT2D eigenvalue weighted by Crippen LogP contribution is 2.06. The summed E-state index contributed by atoms with van der Waals surface area (Å²) in [7, 11) is 0. The lowest BCUT2D eigenvalue weighted by Gasteiger charge is -2.16. The van der Waals surface area contributed by atoms with Crippen molar-refractivity contribution in [3.8, 4) is 0 Å². The summed E-state index contributed by atoms with van der Waals surface area (Å²) in [5.74, 6) is 0.165. The molecule has 3 nitrogen and oxygen atoms in total. The van der Waals surface area contributed by atoms with Crippen molar-refractivity contribution in [3.63, 3.8) is 0 Å². The van der Waals surface area contributed by atoms with Crippen molar-refractivity contribution in [1.82, 2.24) is 10.6 Å². The van der Waals surface area contributed by atoms with E-state index in [9.17, 15) is 4.79 Å². The molecule has 86 valence electrons. The first kappa shape index (κ1) is 12.2. The maximum Gasteiger partial charge on any atom is 0.237 e. The van der Waals surface area contributed by atoms with E-state index in [4.69, 9.17) is 0 Å². The summed E-state index contributed by atoms with van der Waals surface area (Å²) in [5.41, 5.74) is 0. The van der Waals surface area contributed by atoms with E-state index < -0.39 is 0 Å². The van der Waals surface area contributed by atoms with Gasteiger partial charge in [0.2, 0.25) is 5.91 Å². The normalized spacial score (nSPS) is 22.3. The zero-order chi connectivity index (χ0) is 11.1. The molecule has 2 atom stereocenters. The molecule has 2 unspecified atom stereocenters. The van der Waals surface area contributed by atoms with Gasteiger partial charge in [0.05, 0.1) is 6.04 Å². The Morgan fingerprint density at radius 1 is 1.73 bits per heavy atom. The van der Waals surface area contributed by atoms with Crippen LogP contribution >= 0.6 is 0 Å². The minimum atomic E-state index is 0.0480. The van der Waals surface area contributed by atoms with Gasteiger partial charge in [0.25, 0.3) is 0 Å². The molecule has 0 aromatic heterocycles. The van der Waals surface area contributed by atoms with Gasteiger partial charge in [0, 0.05) is 6.04 Å². The Morgan fingerprint density at radius 2 is 2.53 bits per heavy atom. The largest absolute Gasteiger partial charge is 0.352 e. The molecule has 3 heteroatoms. The first-order valence-electron chi connectivity index (χ1n) is 5.88. The van der Waals surface area contributed by atoms with Gasteiger partial charge in [-0.2, -0.15) is 0 Å². The number of hydrogen-bond donors (Lipinski definition) is 2. The lowest BCUT2D eigenvalue weighted by Crippen LogP contribution is -2.44. The molecular formula is C12H22N2O. The summed E-state index contributed by atoms with van der Waals surface area (Å²) < 4.78 is 0. The molecule has 0 saturated carbocycles. The summed E-state index contributed by atoms with van der Waals surface area (Å²) in [6.45, 7) is 6.72. The Bertz CT molecular complexity index is 210. The van der Waals surface area contributed by atoms with E-state index in [-0.39, 0.29) is 18.0 Å². The summed E-state index contributed by atoms with van der Waals surface area (Å²) in [6, 6.07) is 0.326. The van der Waals surface area contributed by atoms with Crippen molar-refractivity contribution in [1.29, 1.82) is 0 Å². The third-order valence-corrected chi connectivity index (χ3v) is 2.81. The van der Waals surface area contributed by atoms with Crippen LogP contribution in [0.3, 0.4) is 0 Å². The Hall–Kier alpha value is -0.830. The SMILES string of the molecule is C=CCCCC(C)NC(=O)C1CCCN1. The number of allylic oxidation sites excluding steroid dienone is 1. The average molecular weight is 210 g/mol. The van der Waals surface area contributed by atoms with Gasteiger partial charge in [-0.05, 0) is 45.6 Å². The molecule has 15 heavy (non-hydrogen) atoms. The average Bonchev–Trinajstić information content (AvgIpc) is 2.70. The first-order chi connectivity index (χ1) is 7.24. The van der Waals surface area contributed by atoms with Crippen molar-refractivity contribution >= 4 is 5.91 Å². The number of carbonyl (C=O) groups excluding carboxylic acids is 1. The fourth-order valence-corrected chi connectivity index (χ4v) is 1.89. The summed E-state index contributed by atoms with van der Waals surface area (Å²) in [5, 5.41) is 6.25. The third kappa shape index (κ3) is 4.47. The van der Waals surface area contributed by atoms with Crippen LogP contribution in [-0.2, 0) is 4.79 Å². The fraction of sp³-hybridized carbons (Fsp3) is 0.750. The minimum Gasteiger partial charge on any atom is -0.352 e. The molecule has 0 aliphatic carbocycles. The molecule has 1 amide bonds. The second-order valence-corrected chi connectivity index (χ2v) is 4.28. The predicted octanol–water partition coefficient (Wildman–Crippen LogP) is 1.60. The second kappa shape index (κ2) is 6.62. The van der Waals surface area contributed by atoms with Crippen molar-refractivity contribution in [3.05, 3.63) is 12.7 Å². The number of rotatable bonds is 6. The van der Waals surface area contributed by atoms with Gasteiger partial charge in [-0.25, -0.2) is 0 Å². The highest BCUT2D eigenvalue weighted by molar-refractivity contribution is 5.82. The van der Waals surface area contributed by atoms with Gasteiger partial charge in [-0.1, -0.05) is 6.08 Å². The zero-order valence-electron chi connectivity index (χ0n) is 9.59. The standard InChI is InChI=1S/C12H22N2O/c1-3-4-5-7-10(2)14-12(15)11-8-6-9-13-11/h3,10-11,13H,1,4-9H2,2H3,(H,14,15). The molecule has 0 bridgehead atoms. The Kier molecular flexibility index (Phi) is 5.40. The van der Waals surface area contributed by atoms with Crippen LogP contribution in [0, 0.1) is 0 Å². The highest BCUT2D eigenvalue weighted by atomic mass is 16.2. The second-order valence-electron chi connectivity index (χ2n) is 4.28. The van der Waals surface area contributed by atoms with Crippen molar-refractivity contribution in [2.45, 2.75) is 51.1 Å². The van der Waals surface area contributed by atoms with Gasteiger partial charge in [-0.15, -0.1) is 6.58 Å². The van der Waals surface area contributed by atoms with Gasteiger partial charge in [-0.3, -0.25) is 4.79 Å². The number of nitrogens with one attached hydrogen (secondary N) is 2. The van der Waals surface area contributed by atoms with E-state index in [2.05, 4.69) is 24.1 Å². The molecule has 1 rings (SSSR count). The number of amides is 1. The maximum absolute atomic E-state index is 11.7. The number of hydrogen-bond acceptors (Lipinski definition) is 2. The van der Waals surface area contributed by atoms with Gasteiger partial charge >= 0.3 is 0 Å².